The zero-order valence-corrected chi connectivity index (χ0v) is 28.7. The predicted molar refractivity (Wildman–Crippen MR) is 184 cm³/mol. The number of rotatable bonds is 9. The number of nitrogens with one attached hydrogen (secondary N) is 2. The Morgan fingerprint density at radius 2 is 1.81 bits per heavy atom. The highest BCUT2D eigenvalue weighted by Gasteiger charge is 2.45. The van der Waals surface area contributed by atoms with Crippen LogP contribution in [0.4, 0.5) is 0 Å². The molecule has 6 rings (SSSR count). The number of aromatic nitrogens is 1. The molecule has 1 aliphatic carbocycles. The summed E-state index contributed by atoms with van der Waals surface area (Å²) in [6.07, 6.45) is 0.906. The van der Waals surface area contributed by atoms with Gasteiger partial charge < -0.3 is 35.5 Å². The number of fused-ring (bicyclic) bond motifs is 1. The van der Waals surface area contributed by atoms with Gasteiger partial charge in [0.2, 0.25) is 11.8 Å². The average Bonchev–Trinajstić information content (AvgIpc) is 3.76. The Morgan fingerprint density at radius 1 is 1.08 bits per heavy atom. The van der Waals surface area contributed by atoms with Crippen molar-refractivity contribution in [1.29, 1.82) is 0 Å². The summed E-state index contributed by atoms with van der Waals surface area (Å²) in [5.41, 5.74) is 10.4. The van der Waals surface area contributed by atoms with Gasteiger partial charge in [-0.2, -0.15) is 0 Å². The van der Waals surface area contributed by atoms with Crippen LogP contribution in [0.25, 0.3) is 21.4 Å². The van der Waals surface area contributed by atoms with Crippen LogP contribution < -0.4 is 21.1 Å². The van der Waals surface area contributed by atoms with Gasteiger partial charge in [0, 0.05) is 24.4 Å². The van der Waals surface area contributed by atoms with Gasteiger partial charge in [-0.15, -0.1) is 11.3 Å². The molecular weight excluding hydrogens is 630 g/mol. The van der Waals surface area contributed by atoms with E-state index in [1.807, 2.05) is 70.5 Å². The van der Waals surface area contributed by atoms with Gasteiger partial charge in [0.1, 0.15) is 29.5 Å². The molecule has 0 bridgehead atoms. The number of hydrogen-bond donors (Lipinski definition) is 4. The fourth-order valence-corrected chi connectivity index (χ4v) is 7.13. The lowest BCUT2D eigenvalue weighted by molar-refractivity contribution is -0.142. The van der Waals surface area contributed by atoms with Gasteiger partial charge >= 0.3 is 0 Å². The fourth-order valence-electron chi connectivity index (χ4n) is 6.32. The third-order valence-electron chi connectivity index (χ3n) is 9.18. The number of thiazole rings is 1. The number of aliphatic hydroxyl groups is 1. The van der Waals surface area contributed by atoms with Crippen molar-refractivity contribution in [1.82, 2.24) is 20.5 Å². The van der Waals surface area contributed by atoms with Crippen molar-refractivity contribution in [2.24, 2.45) is 11.1 Å². The Balaban J connectivity index is 1.13. The molecule has 2 aromatic heterocycles. The van der Waals surface area contributed by atoms with Crippen LogP contribution >= 0.6 is 11.3 Å². The minimum Gasteiger partial charge on any atom is -0.490 e. The van der Waals surface area contributed by atoms with Gasteiger partial charge in [-0.05, 0) is 67.5 Å². The molecule has 0 radical (unpaired) electrons. The molecule has 12 heteroatoms. The van der Waals surface area contributed by atoms with Gasteiger partial charge in [-0.25, -0.2) is 4.98 Å². The van der Waals surface area contributed by atoms with E-state index in [2.05, 4.69) is 15.6 Å². The summed E-state index contributed by atoms with van der Waals surface area (Å²) in [6.45, 7) is 9.35. The fraction of sp³-hybridized carbons (Fsp3) is 0.444. The second-order valence-electron chi connectivity index (χ2n) is 14.1. The SMILES string of the molecule is Cc1ncsc1-c1ccc(C(C)NC(=O)[C@@H]2C[C@@H](O)CN2C(=O)C(NC(=O)c2cc3cc(OC4CC(N)C4)ccc3o2)C(C)(C)C)cc1. The molecule has 1 saturated heterocycles. The monoisotopic (exact) mass is 673 g/mol. The number of benzene rings is 2. The number of ether oxygens (including phenoxy) is 1. The van der Waals surface area contributed by atoms with Gasteiger partial charge in [0.05, 0.1) is 28.2 Å². The number of furan rings is 1. The molecule has 0 spiro atoms. The topological polar surface area (TPSA) is 160 Å². The van der Waals surface area contributed by atoms with E-state index >= 15 is 0 Å². The molecule has 2 unspecified atom stereocenters. The molecule has 2 aliphatic rings. The maximum atomic E-state index is 14.1. The first-order chi connectivity index (χ1) is 22.8. The van der Waals surface area contributed by atoms with Gasteiger partial charge in [-0.1, -0.05) is 45.0 Å². The normalized spacial score (nSPS) is 22.2. The minimum atomic E-state index is -0.999. The van der Waals surface area contributed by atoms with E-state index in [0.717, 1.165) is 34.5 Å². The molecule has 2 fully saturated rings. The van der Waals surface area contributed by atoms with Crippen molar-refractivity contribution in [2.75, 3.05) is 6.54 Å². The standard InChI is InChI=1S/C36H43N5O6S/c1-19(21-6-8-22(9-7-21)31-20(2)38-18-48-31)39-33(43)28-16-25(42)17-41(28)35(45)32(36(3,4)5)40-34(44)30-13-23-12-26(10-11-29(23)47-30)46-27-14-24(37)15-27/h6-13,18-19,24-25,27-28,32,42H,14-17,37H2,1-5H3,(H,39,43)(H,40,44)/t19?,24?,25-,27?,28+,32?/m1/s1. The Kier molecular flexibility index (Phi) is 9.34. The van der Waals surface area contributed by atoms with Gasteiger partial charge in [-0.3, -0.25) is 14.4 Å². The molecule has 1 saturated carbocycles. The van der Waals surface area contributed by atoms with Crippen LogP contribution in [-0.2, 0) is 9.59 Å². The van der Waals surface area contributed by atoms with E-state index < -0.39 is 35.4 Å². The zero-order valence-electron chi connectivity index (χ0n) is 27.9. The van der Waals surface area contributed by atoms with Crippen molar-refractivity contribution < 1.29 is 28.6 Å². The van der Waals surface area contributed by atoms with Crippen molar-refractivity contribution in [3.05, 3.63) is 71.1 Å². The molecule has 254 valence electrons. The highest BCUT2D eigenvalue weighted by atomic mass is 32.1. The molecule has 3 amide bonds. The zero-order chi connectivity index (χ0) is 34.3. The molecule has 4 atom stereocenters. The summed E-state index contributed by atoms with van der Waals surface area (Å²) in [5.74, 6) is -0.652. The molecule has 3 heterocycles. The summed E-state index contributed by atoms with van der Waals surface area (Å²) >= 11 is 1.58. The summed E-state index contributed by atoms with van der Waals surface area (Å²) in [4.78, 5) is 48.0. The third-order valence-corrected chi connectivity index (χ3v) is 10.2. The lowest BCUT2D eigenvalue weighted by atomic mass is 9.85. The molecule has 2 aromatic carbocycles. The molecule has 11 nitrogen and oxygen atoms in total. The first-order valence-electron chi connectivity index (χ1n) is 16.3. The maximum absolute atomic E-state index is 14.1. The van der Waals surface area contributed by atoms with E-state index in [0.29, 0.717) is 16.7 Å². The second kappa shape index (κ2) is 13.3. The number of β-amino-alcohol motifs (C(OH)–C–C–N with tert-alkyl or cyclic N) is 1. The van der Waals surface area contributed by atoms with E-state index in [1.165, 1.54) is 4.90 Å². The van der Waals surface area contributed by atoms with Crippen LogP contribution in [-0.4, -0.2) is 69.6 Å². The lowest BCUT2D eigenvalue weighted by Gasteiger charge is -2.35. The van der Waals surface area contributed by atoms with Gasteiger partial charge in [0.15, 0.2) is 5.76 Å². The summed E-state index contributed by atoms with van der Waals surface area (Å²) in [6, 6.07) is 12.9. The smallest absolute Gasteiger partial charge is 0.287 e. The predicted octanol–water partition coefficient (Wildman–Crippen LogP) is 4.72. The summed E-state index contributed by atoms with van der Waals surface area (Å²) < 4.78 is 11.8. The Bertz CT molecular complexity index is 1810. The van der Waals surface area contributed by atoms with Crippen LogP contribution in [0, 0.1) is 12.3 Å². The maximum Gasteiger partial charge on any atom is 0.287 e. The number of nitrogens with zero attached hydrogens (tertiary/aromatic N) is 2. The lowest BCUT2D eigenvalue weighted by Crippen LogP contribution is -2.57. The minimum absolute atomic E-state index is 0.0179. The number of likely N-dealkylation sites (tertiary alicyclic amines) is 1. The number of aliphatic hydroxyl groups excluding tert-OH is 1. The van der Waals surface area contributed by atoms with E-state index in [-0.39, 0.29) is 42.8 Å². The van der Waals surface area contributed by atoms with E-state index in [1.54, 1.807) is 29.5 Å². The number of aryl methyl sites for hydroxylation is 1. The average molecular weight is 674 g/mol. The van der Waals surface area contributed by atoms with Crippen LogP contribution in [0.3, 0.4) is 0 Å². The summed E-state index contributed by atoms with van der Waals surface area (Å²) in [7, 11) is 0. The highest BCUT2D eigenvalue weighted by Crippen LogP contribution is 2.31. The second-order valence-corrected chi connectivity index (χ2v) is 14.9. The van der Waals surface area contributed by atoms with Crippen molar-refractivity contribution in [2.45, 2.75) is 90.3 Å². The molecule has 5 N–H and O–H groups in total. The number of amides is 3. The quantitative estimate of drug-likeness (QED) is 0.199. The molecule has 4 aromatic rings. The number of hydrogen-bond acceptors (Lipinski definition) is 9. The largest absolute Gasteiger partial charge is 0.490 e. The first-order valence-corrected chi connectivity index (χ1v) is 17.2. The van der Waals surface area contributed by atoms with Crippen LogP contribution in [0.2, 0.25) is 0 Å². The number of carbonyl (C=O) groups excluding carboxylic acids is 3. The Labute approximate surface area is 283 Å². The van der Waals surface area contributed by atoms with Crippen LogP contribution in [0.5, 0.6) is 5.75 Å². The molecular formula is C36H43N5O6S. The highest BCUT2D eigenvalue weighted by molar-refractivity contribution is 7.13. The van der Waals surface area contributed by atoms with Crippen molar-refractivity contribution in [3.8, 4) is 16.2 Å². The van der Waals surface area contributed by atoms with Gasteiger partial charge in [0.25, 0.3) is 5.91 Å². The number of nitrogens with two attached hydrogens (primary N) is 1. The Hall–Kier alpha value is -4.26. The van der Waals surface area contributed by atoms with Crippen molar-refractivity contribution in [3.63, 3.8) is 0 Å². The van der Waals surface area contributed by atoms with Crippen LogP contribution in [0.1, 0.15) is 74.8 Å². The van der Waals surface area contributed by atoms with E-state index in [9.17, 15) is 19.5 Å². The van der Waals surface area contributed by atoms with Crippen LogP contribution in [0.15, 0.2) is 58.5 Å². The number of carbonyl (C=O) groups is 3. The van der Waals surface area contributed by atoms with Crippen molar-refractivity contribution >= 4 is 40.0 Å². The first kappa shape index (κ1) is 33.6. The summed E-state index contributed by atoms with van der Waals surface area (Å²) in [5, 5.41) is 17.2. The van der Waals surface area contributed by atoms with E-state index in [4.69, 9.17) is 14.9 Å². The molecule has 1 aliphatic heterocycles. The molecule has 48 heavy (non-hydrogen) atoms. The Morgan fingerprint density at radius 3 is 2.46 bits per heavy atom. The third kappa shape index (κ3) is 7.11.